The molecule has 0 bridgehead atoms. The first kappa shape index (κ1) is 14.8. The summed E-state index contributed by atoms with van der Waals surface area (Å²) in [5.74, 6) is 0.666. The van der Waals surface area contributed by atoms with Gasteiger partial charge in [-0.2, -0.15) is 0 Å². The number of nitrogens with zero attached hydrogens (tertiary/aromatic N) is 1. The molecule has 0 aromatic carbocycles. The first-order valence-corrected chi connectivity index (χ1v) is 7.62. The molecule has 2 atom stereocenters. The molecule has 110 valence electrons. The van der Waals surface area contributed by atoms with Gasteiger partial charge in [-0.05, 0) is 51.5 Å². The molecule has 1 N–H and O–H groups in total. The largest absolute Gasteiger partial charge is 0.468 e. The van der Waals surface area contributed by atoms with E-state index in [0.717, 1.165) is 18.9 Å². The van der Waals surface area contributed by atoms with Gasteiger partial charge in [0.1, 0.15) is 5.54 Å². The molecule has 1 aliphatic heterocycles. The zero-order valence-electron chi connectivity index (χ0n) is 12.6. The van der Waals surface area contributed by atoms with Gasteiger partial charge in [-0.15, -0.1) is 0 Å². The van der Waals surface area contributed by atoms with E-state index in [9.17, 15) is 4.79 Å². The Kier molecular flexibility index (Phi) is 4.85. The maximum atomic E-state index is 12.0. The third-order valence-electron chi connectivity index (χ3n) is 4.41. The number of piperidine rings is 1. The summed E-state index contributed by atoms with van der Waals surface area (Å²) in [5, 5.41) is 3.47. The summed E-state index contributed by atoms with van der Waals surface area (Å²) in [6.45, 7) is 7.63. The highest BCUT2D eigenvalue weighted by atomic mass is 16.5. The minimum atomic E-state index is -0.517. The average molecular weight is 268 g/mol. The van der Waals surface area contributed by atoms with Crippen LogP contribution < -0.4 is 5.32 Å². The van der Waals surface area contributed by atoms with Crippen molar-refractivity contribution < 1.29 is 9.53 Å². The molecule has 2 rings (SSSR count). The van der Waals surface area contributed by atoms with Crippen molar-refractivity contribution >= 4 is 5.97 Å². The fourth-order valence-electron chi connectivity index (χ4n) is 3.01. The van der Waals surface area contributed by atoms with Crippen molar-refractivity contribution in [1.82, 2.24) is 10.2 Å². The zero-order chi connectivity index (χ0) is 13.9. The van der Waals surface area contributed by atoms with E-state index in [2.05, 4.69) is 17.1 Å². The Morgan fingerprint density at radius 3 is 2.74 bits per heavy atom. The second-order valence-corrected chi connectivity index (χ2v) is 6.54. The summed E-state index contributed by atoms with van der Waals surface area (Å²) in [5.41, 5.74) is -0.517. The maximum Gasteiger partial charge on any atom is 0.325 e. The maximum absolute atomic E-state index is 12.0. The minimum absolute atomic E-state index is 0.121. The Hall–Kier alpha value is -0.610. The highest BCUT2D eigenvalue weighted by Crippen LogP contribution is 2.25. The fraction of sp³-hybridized carbons (Fsp3) is 0.933. The van der Waals surface area contributed by atoms with Gasteiger partial charge < -0.3 is 9.64 Å². The lowest BCUT2D eigenvalue weighted by atomic mass is 9.95. The summed E-state index contributed by atoms with van der Waals surface area (Å²) in [7, 11) is 1.48. The SMILES string of the molecule is COC(=O)C(C)(CCN1CCCC(C)C1)NC1CC1. The topological polar surface area (TPSA) is 41.6 Å². The lowest BCUT2D eigenvalue weighted by Gasteiger charge is -2.34. The van der Waals surface area contributed by atoms with Crippen molar-refractivity contribution in [1.29, 1.82) is 0 Å². The van der Waals surface area contributed by atoms with Gasteiger partial charge in [0.05, 0.1) is 7.11 Å². The Bertz CT molecular complexity index is 317. The number of hydrogen-bond acceptors (Lipinski definition) is 4. The van der Waals surface area contributed by atoms with Crippen molar-refractivity contribution in [2.45, 2.75) is 57.5 Å². The molecule has 0 spiro atoms. The lowest BCUT2D eigenvalue weighted by molar-refractivity contribution is -0.148. The summed E-state index contributed by atoms with van der Waals surface area (Å²) in [4.78, 5) is 14.5. The minimum Gasteiger partial charge on any atom is -0.468 e. The number of methoxy groups -OCH3 is 1. The van der Waals surface area contributed by atoms with Crippen molar-refractivity contribution in [3.05, 3.63) is 0 Å². The predicted octanol–water partition coefficient (Wildman–Crippen LogP) is 1.79. The second kappa shape index (κ2) is 6.23. The Balaban J connectivity index is 1.86. The number of ether oxygens (including phenoxy) is 1. The van der Waals surface area contributed by atoms with Crippen molar-refractivity contribution in [3.63, 3.8) is 0 Å². The molecule has 0 amide bonds. The van der Waals surface area contributed by atoms with Gasteiger partial charge >= 0.3 is 5.97 Å². The first-order chi connectivity index (χ1) is 9.03. The first-order valence-electron chi connectivity index (χ1n) is 7.62. The van der Waals surface area contributed by atoms with Gasteiger partial charge in [0, 0.05) is 19.1 Å². The number of esters is 1. The number of likely N-dealkylation sites (tertiary alicyclic amines) is 1. The van der Waals surface area contributed by atoms with Crippen LogP contribution in [0.5, 0.6) is 0 Å². The smallest absolute Gasteiger partial charge is 0.325 e. The van der Waals surface area contributed by atoms with Crippen LogP contribution in [0.1, 0.15) is 46.0 Å². The standard InChI is InChI=1S/C15H28N2O2/c1-12-5-4-9-17(11-12)10-8-15(2,14(18)19-3)16-13-6-7-13/h12-13,16H,4-11H2,1-3H3. The van der Waals surface area contributed by atoms with Crippen LogP contribution in [0.3, 0.4) is 0 Å². The number of carbonyl (C=O) groups excluding carboxylic acids is 1. The molecule has 0 aromatic rings. The van der Waals surface area contributed by atoms with Gasteiger partial charge in [0.15, 0.2) is 0 Å². The fourth-order valence-corrected chi connectivity index (χ4v) is 3.01. The molecule has 2 unspecified atom stereocenters. The van der Waals surface area contributed by atoms with E-state index in [0.29, 0.717) is 6.04 Å². The molecule has 0 aromatic heterocycles. The third-order valence-corrected chi connectivity index (χ3v) is 4.41. The number of nitrogens with one attached hydrogen (secondary N) is 1. The molecule has 1 saturated carbocycles. The lowest BCUT2D eigenvalue weighted by Crippen LogP contribution is -2.53. The van der Waals surface area contributed by atoms with Crippen LogP contribution in [-0.4, -0.2) is 49.2 Å². The van der Waals surface area contributed by atoms with E-state index < -0.39 is 5.54 Å². The molecule has 1 aliphatic carbocycles. The van der Waals surface area contributed by atoms with E-state index >= 15 is 0 Å². The Morgan fingerprint density at radius 2 is 2.16 bits per heavy atom. The molecule has 1 saturated heterocycles. The van der Waals surface area contributed by atoms with Gasteiger partial charge in [-0.1, -0.05) is 6.92 Å². The van der Waals surface area contributed by atoms with Crippen LogP contribution in [0, 0.1) is 5.92 Å². The molecular weight excluding hydrogens is 240 g/mol. The summed E-state index contributed by atoms with van der Waals surface area (Å²) < 4.78 is 4.99. The van der Waals surface area contributed by atoms with E-state index in [1.165, 1.54) is 45.9 Å². The zero-order valence-corrected chi connectivity index (χ0v) is 12.6. The van der Waals surface area contributed by atoms with Crippen LogP contribution in [-0.2, 0) is 9.53 Å². The van der Waals surface area contributed by atoms with E-state index in [1.54, 1.807) is 0 Å². The molecule has 2 fully saturated rings. The van der Waals surface area contributed by atoms with Crippen molar-refractivity contribution in [3.8, 4) is 0 Å². The molecule has 0 radical (unpaired) electrons. The summed E-state index contributed by atoms with van der Waals surface area (Å²) >= 11 is 0. The quantitative estimate of drug-likeness (QED) is 0.746. The van der Waals surface area contributed by atoms with Gasteiger partial charge in [-0.3, -0.25) is 10.1 Å². The molecule has 19 heavy (non-hydrogen) atoms. The van der Waals surface area contributed by atoms with E-state index in [-0.39, 0.29) is 5.97 Å². The molecule has 4 nitrogen and oxygen atoms in total. The second-order valence-electron chi connectivity index (χ2n) is 6.54. The van der Waals surface area contributed by atoms with Crippen LogP contribution in [0.15, 0.2) is 0 Å². The van der Waals surface area contributed by atoms with Gasteiger partial charge in [-0.25, -0.2) is 0 Å². The summed E-state index contributed by atoms with van der Waals surface area (Å²) in [6.07, 6.45) is 5.83. The van der Waals surface area contributed by atoms with Crippen LogP contribution in [0.4, 0.5) is 0 Å². The highest BCUT2D eigenvalue weighted by molar-refractivity contribution is 5.80. The third kappa shape index (κ3) is 4.18. The van der Waals surface area contributed by atoms with Crippen LogP contribution >= 0.6 is 0 Å². The van der Waals surface area contributed by atoms with E-state index in [4.69, 9.17) is 4.74 Å². The monoisotopic (exact) mass is 268 g/mol. The molecule has 1 heterocycles. The Morgan fingerprint density at radius 1 is 1.42 bits per heavy atom. The highest BCUT2D eigenvalue weighted by Gasteiger charge is 2.39. The van der Waals surface area contributed by atoms with Crippen molar-refractivity contribution in [2.24, 2.45) is 5.92 Å². The number of rotatable bonds is 6. The van der Waals surface area contributed by atoms with Crippen LogP contribution in [0.2, 0.25) is 0 Å². The number of carbonyl (C=O) groups is 1. The average Bonchev–Trinajstić information content (AvgIpc) is 3.19. The van der Waals surface area contributed by atoms with Crippen LogP contribution in [0.25, 0.3) is 0 Å². The predicted molar refractivity (Wildman–Crippen MR) is 76.0 cm³/mol. The van der Waals surface area contributed by atoms with E-state index in [1.807, 2.05) is 6.92 Å². The molecular formula is C15H28N2O2. The molecule has 2 aliphatic rings. The van der Waals surface area contributed by atoms with Crippen molar-refractivity contribution in [2.75, 3.05) is 26.7 Å². The molecule has 4 heteroatoms. The Labute approximate surface area is 116 Å². The van der Waals surface area contributed by atoms with Gasteiger partial charge in [0.25, 0.3) is 0 Å². The summed E-state index contributed by atoms with van der Waals surface area (Å²) in [6, 6.07) is 0.518. The van der Waals surface area contributed by atoms with Gasteiger partial charge in [0.2, 0.25) is 0 Å². The number of hydrogen-bond donors (Lipinski definition) is 1. The normalized spacial score (nSPS) is 27.8.